The average molecular weight is 416 g/mol. The molecule has 0 spiro atoms. The third kappa shape index (κ3) is 3.40. The number of aryl methyl sites for hydroxylation is 1. The molecule has 30 heavy (non-hydrogen) atoms. The molecule has 2 aliphatic rings. The molecule has 2 aliphatic heterocycles. The summed E-state index contributed by atoms with van der Waals surface area (Å²) in [6, 6.07) is 5.27. The number of nitrogens with zero attached hydrogens (tertiary/aromatic N) is 2. The van der Waals surface area contributed by atoms with Crippen LogP contribution in [-0.2, 0) is 11.2 Å². The van der Waals surface area contributed by atoms with Gasteiger partial charge in [-0.2, -0.15) is 0 Å². The molecule has 0 aliphatic carbocycles. The fourth-order valence-corrected chi connectivity index (χ4v) is 4.54. The van der Waals surface area contributed by atoms with Crippen LogP contribution in [0.5, 0.6) is 0 Å². The van der Waals surface area contributed by atoms with E-state index in [2.05, 4.69) is 18.4 Å². The van der Waals surface area contributed by atoms with Gasteiger partial charge in [-0.1, -0.05) is 13.8 Å². The van der Waals surface area contributed by atoms with Crippen molar-refractivity contribution in [2.24, 2.45) is 5.92 Å². The van der Waals surface area contributed by atoms with E-state index >= 15 is 0 Å². The second-order valence-corrected chi connectivity index (χ2v) is 8.67. The van der Waals surface area contributed by atoms with Gasteiger partial charge in [-0.05, 0) is 37.0 Å². The monoisotopic (exact) mass is 416 g/mol. The number of carbonyl (C=O) groups is 1. The van der Waals surface area contributed by atoms with Crippen molar-refractivity contribution in [3.8, 4) is 11.3 Å². The van der Waals surface area contributed by atoms with Crippen LogP contribution in [0.25, 0.3) is 11.3 Å². The predicted molar refractivity (Wildman–Crippen MR) is 112 cm³/mol. The minimum absolute atomic E-state index is 0.0699. The molecule has 3 heterocycles. The largest absolute Gasteiger partial charge is 0.465 e. The third-order valence-corrected chi connectivity index (χ3v) is 6.24. The van der Waals surface area contributed by atoms with Crippen LogP contribution in [0.2, 0.25) is 0 Å². The molecule has 7 heteroatoms. The third-order valence-electron chi connectivity index (χ3n) is 6.24. The van der Waals surface area contributed by atoms with Gasteiger partial charge in [0.15, 0.2) is 5.43 Å². The van der Waals surface area contributed by atoms with E-state index in [0.717, 1.165) is 16.8 Å². The lowest BCUT2D eigenvalue weighted by molar-refractivity contribution is 0.0256. The van der Waals surface area contributed by atoms with Gasteiger partial charge in [0, 0.05) is 42.4 Å². The molecule has 4 rings (SSSR count). The number of hydrogen-bond donors (Lipinski definition) is 0. The van der Waals surface area contributed by atoms with E-state index < -0.39 is 18.4 Å². The summed E-state index contributed by atoms with van der Waals surface area (Å²) in [4.78, 5) is 26.5. The molecular weight excluding hydrogens is 390 g/mol. The van der Waals surface area contributed by atoms with E-state index in [1.165, 1.54) is 7.11 Å². The SMILES string of the molecule is COC(=O)c1cc2c(cc1N1CCC(F)(F)C1)CC(C(C)C)n1cc(C)c(=O)cc1-2. The lowest BCUT2D eigenvalue weighted by atomic mass is 9.86. The summed E-state index contributed by atoms with van der Waals surface area (Å²) in [5.74, 6) is -3.05. The number of aromatic nitrogens is 1. The standard InChI is InChI=1S/C23H26F2N2O3/c1-13(2)18-7-15-8-19(26-6-5-23(24,25)12-26)17(22(29)30-4)9-16(15)20-10-21(28)14(3)11-27(18)20/h8-11,13,18H,5-7,12H2,1-4H3. The number of anilines is 1. The molecule has 0 amide bonds. The number of alkyl halides is 2. The lowest BCUT2D eigenvalue weighted by Gasteiger charge is -2.34. The van der Waals surface area contributed by atoms with Crippen molar-refractivity contribution in [1.29, 1.82) is 0 Å². The van der Waals surface area contributed by atoms with Crippen molar-refractivity contribution in [3.63, 3.8) is 0 Å². The van der Waals surface area contributed by atoms with E-state index in [-0.39, 0.29) is 30.0 Å². The van der Waals surface area contributed by atoms with Crippen LogP contribution < -0.4 is 10.3 Å². The highest BCUT2D eigenvalue weighted by Crippen LogP contribution is 2.42. The Balaban J connectivity index is 1.93. The van der Waals surface area contributed by atoms with Crippen LogP contribution in [0, 0.1) is 12.8 Å². The number of rotatable bonds is 3. The molecule has 1 fully saturated rings. The first-order valence-corrected chi connectivity index (χ1v) is 10.2. The number of hydrogen-bond acceptors (Lipinski definition) is 4. The summed E-state index contributed by atoms with van der Waals surface area (Å²) in [5, 5.41) is 0. The number of methoxy groups -OCH3 is 1. The minimum atomic E-state index is -2.78. The Hall–Kier alpha value is -2.70. The Bertz CT molecular complexity index is 1070. The Kier molecular flexibility index (Phi) is 4.95. The van der Waals surface area contributed by atoms with Gasteiger partial charge in [0.25, 0.3) is 5.92 Å². The van der Waals surface area contributed by atoms with Gasteiger partial charge in [-0.15, -0.1) is 0 Å². The smallest absolute Gasteiger partial charge is 0.339 e. The quantitative estimate of drug-likeness (QED) is 0.704. The molecule has 1 aromatic carbocycles. The zero-order valence-corrected chi connectivity index (χ0v) is 17.7. The molecule has 1 aromatic heterocycles. The summed E-state index contributed by atoms with van der Waals surface area (Å²) in [6.07, 6.45) is 2.33. The highest BCUT2D eigenvalue weighted by Gasteiger charge is 2.40. The molecule has 0 bridgehead atoms. The molecule has 0 saturated carbocycles. The van der Waals surface area contributed by atoms with Gasteiger partial charge in [0.1, 0.15) is 0 Å². The van der Waals surface area contributed by atoms with Crippen LogP contribution >= 0.6 is 0 Å². The average Bonchev–Trinajstić information content (AvgIpc) is 3.06. The summed E-state index contributed by atoms with van der Waals surface area (Å²) in [6.45, 7) is 5.80. The molecule has 0 N–H and O–H groups in total. The van der Waals surface area contributed by atoms with Crippen LogP contribution in [-0.4, -0.2) is 36.7 Å². The first kappa shape index (κ1) is 20.6. The molecule has 1 atom stereocenters. The fourth-order valence-electron chi connectivity index (χ4n) is 4.54. The van der Waals surface area contributed by atoms with Gasteiger partial charge in [0.05, 0.1) is 30.6 Å². The second kappa shape index (κ2) is 7.22. The first-order chi connectivity index (χ1) is 14.1. The van der Waals surface area contributed by atoms with Gasteiger partial charge in [0.2, 0.25) is 0 Å². The normalized spacial score (nSPS) is 19.6. The van der Waals surface area contributed by atoms with E-state index in [0.29, 0.717) is 23.6 Å². The van der Waals surface area contributed by atoms with E-state index in [9.17, 15) is 18.4 Å². The Morgan fingerprint density at radius 2 is 2.00 bits per heavy atom. The molecule has 1 saturated heterocycles. The van der Waals surface area contributed by atoms with Gasteiger partial charge >= 0.3 is 5.97 Å². The number of halogens is 2. The molecule has 0 radical (unpaired) electrons. The minimum Gasteiger partial charge on any atom is -0.465 e. The van der Waals surface area contributed by atoms with E-state index in [1.807, 2.05) is 12.3 Å². The van der Waals surface area contributed by atoms with Gasteiger partial charge < -0.3 is 14.2 Å². The van der Waals surface area contributed by atoms with Gasteiger partial charge in [-0.25, -0.2) is 13.6 Å². The Morgan fingerprint density at radius 3 is 2.60 bits per heavy atom. The molecule has 2 aromatic rings. The summed E-state index contributed by atoms with van der Waals surface area (Å²) in [7, 11) is 1.28. The number of benzene rings is 1. The predicted octanol–water partition coefficient (Wildman–Crippen LogP) is 4.21. The molecule has 5 nitrogen and oxygen atoms in total. The van der Waals surface area contributed by atoms with Crippen molar-refractivity contribution < 1.29 is 18.3 Å². The topological polar surface area (TPSA) is 51.5 Å². The zero-order chi connectivity index (χ0) is 21.8. The number of carbonyl (C=O) groups excluding carboxylic acids is 1. The first-order valence-electron chi connectivity index (χ1n) is 10.2. The van der Waals surface area contributed by atoms with Crippen molar-refractivity contribution in [2.75, 3.05) is 25.1 Å². The number of fused-ring (bicyclic) bond motifs is 3. The van der Waals surface area contributed by atoms with Crippen LogP contribution in [0.4, 0.5) is 14.5 Å². The maximum absolute atomic E-state index is 13.9. The maximum atomic E-state index is 13.9. The van der Waals surface area contributed by atoms with Crippen molar-refractivity contribution >= 4 is 11.7 Å². The Labute approximate surface area is 174 Å². The van der Waals surface area contributed by atoms with Crippen molar-refractivity contribution in [1.82, 2.24) is 4.57 Å². The maximum Gasteiger partial charge on any atom is 0.339 e. The zero-order valence-electron chi connectivity index (χ0n) is 17.7. The van der Waals surface area contributed by atoms with Crippen molar-refractivity contribution in [3.05, 3.63) is 51.3 Å². The Morgan fingerprint density at radius 1 is 1.27 bits per heavy atom. The lowest BCUT2D eigenvalue weighted by Crippen LogP contribution is -2.29. The number of ether oxygens (including phenoxy) is 1. The van der Waals surface area contributed by atoms with Crippen molar-refractivity contribution in [2.45, 2.75) is 45.6 Å². The summed E-state index contributed by atoms with van der Waals surface area (Å²) in [5.41, 5.74) is 3.79. The highest BCUT2D eigenvalue weighted by molar-refractivity contribution is 5.98. The summed E-state index contributed by atoms with van der Waals surface area (Å²) < 4.78 is 34.8. The molecule has 1 unspecified atom stereocenters. The number of esters is 1. The molecule has 160 valence electrons. The van der Waals surface area contributed by atoms with Crippen LogP contribution in [0.3, 0.4) is 0 Å². The van der Waals surface area contributed by atoms with Crippen LogP contribution in [0.1, 0.15) is 47.8 Å². The summed E-state index contributed by atoms with van der Waals surface area (Å²) >= 11 is 0. The number of pyridine rings is 1. The van der Waals surface area contributed by atoms with Crippen LogP contribution in [0.15, 0.2) is 29.2 Å². The fraction of sp³-hybridized carbons (Fsp3) is 0.478. The van der Waals surface area contributed by atoms with E-state index in [1.54, 1.807) is 24.0 Å². The van der Waals surface area contributed by atoms with E-state index in [4.69, 9.17) is 4.74 Å². The second-order valence-electron chi connectivity index (χ2n) is 8.67. The van der Waals surface area contributed by atoms with Gasteiger partial charge in [-0.3, -0.25) is 4.79 Å². The molecular formula is C23H26F2N2O3. The highest BCUT2D eigenvalue weighted by atomic mass is 19.3.